The van der Waals surface area contributed by atoms with Crippen LogP contribution >= 0.6 is 22.6 Å². The minimum Gasteiger partial charge on any atom is -0.454 e. The van der Waals surface area contributed by atoms with E-state index in [0.29, 0.717) is 24.8 Å². The van der Waals surface area contributed by atoms with Gasteiger partial charge >= 0.3 is 0 Å². The number of aryl methyl sites for hydroxylation is 1. The van der Waals surface area contributed by atoms with E-state index < -0.39 is 0 Å². The molecule has 0 spiro atoms. The molecule has 2 rings (SSSR count). The van der Waals surface area contributed by atoms with E-state index in [1.807, 2.05) is 12.1 Å². The highest BCUT2D eigenvalue weighted by molar-refractivity contribution is 14.1. The summed E-state index contributed by atoms with van der Waals surface area (Å²) in [6.45, 7) is 3.01. The summed E-state index contributed by atoms with van der Waals surface area (Å²) in [6.07, 6.45) is 0. The van der Waals surface area contributed by atoms with Crippen molar-refractivity contribution in [2.75, 3.05) is 0 Å². The highest BCUT2D eigenvalue weighted by Crippen LogP contribution is 2.09. The zero-order valence-corrected chi connectivity index (χ0v) is 10.3. The molecule has 0 saturated heterocycles. The maximum atomic E-state index is 5.39. The highest BCUT2D eigenvalue weighted by Gasteiger charge is 2.02. The van der Waals surface area contributed by atoms with Crippen molar-refractivity contribution in [2.24, 2.45) is 0 Å². The molecule has 0 saturated carbocycles. The third-order valence-corrected chi connectivity index (χ3v) is 2.36. The molecule has 0 atom stereocenters. The van der Waals surface area contributed by atoms with Crippen LogP contribution in [0, 0.1) is 10.7 Å². The number of hydrogen-bond donors (Lipinski definition) is 1. The summed E-state index contributed by atoms with van der Waals surface area (Å²) in [5.74, 6) is 2.15. The normalized spacial score (nSPS) is 10.8. The Morgan fingerprint density at radius 3 is 2.87 bits per heavy atom. The largest absolute Gasteiger partial charge is 0.454 e. The van der Waals surface area contributed by atoms with Gasteiger partial charge in [0.15, 0.2) is 9.59 Å². The maximum Gasteiger partial charge on any atom is 0.223 e. The summed E-state index contributed by atoms with van der Waals surface area (Å²) in [5.41, 5.74) is 0. The number of aromatic nitrogens is 2. The van der Waals surface area contributed by atoms with E-state index in [-0.39, 0.29) is 0 Å². The van der Waals surface area contributed by atoms with Crippen LogP contribution < -0.4 is 5.32 Å². The molecule has 6 heteroatoms. The molecule has 0 aliphatic rings. The Kier molecular flexibility index (Phi) is 3.37. The number of hydrogen-bond acceptors (Lipinski definition) is 5. The van der Waals surface area contributed by atoms with Crippen molar-refractivity contribution >= 4 is 22.6 Å². The Morgan fingerprint density at radius 2 is 2.27 bits per heavy atom. The third-order valence-electron chi connectivity index (χ3n) is 1.78. The fourth-order valence-electron chi connectivity index (χ4n) is 1.16. The molecule has 0 radical (unpaired) electrons. The van der Waals surface area contributed by atoms with Gasteiger partial charge < -0.3 is 14.3 Å². The SMILES string of the molecule is Cc1nc(CNCc2ccc(I)o2)no1. The van der Waals surface area contributed by atoms with Gasteiger partial charge in [0.25, 0.3) is 0 Å². The molecular formula is C9H10IN3O2. The predicted octanol–water partition coefficient (Wildman–Crippen LogP) is 1.87. The second-order valence-electron chi connectivity index (χ2n) is 3.04. The van der Waals surface area contributed by atoms with Crippen molar-refractivity contribution in [1.82, 2.24) is 15.5 Å². The molecule has 5 nitrogen and oxygen atoms in total. The van der Waals surface area contributed by atoms with Crippen molar-refractivity contribution in [2.45, 2.75) is 20.0 Å². The van der Waals surface area contributed by atoms with Gasteiger partial charge in [-0.15, -0.1) is 0 Å². The molecule has 0 fully saturated rings. The van der Waals surface area contributed by atoms with Crippen LogP contribution in [-0.4, -0.2) is 10.1 Å². The summed E-state index contributed by atoms with van der Waals surface area (Å²) < 4.78 is 11.1. The Hall–Kier alpha value is -0.890. The van der Waals surface area contributed by atoms with Crippen LogP contribution in [0.4, 0.5) is 0 Å². The Labute approximate surface area is 100 Å². The monoisotopic (exact) mass is 319 g/mol. The maximum absolute atomic E-state index is 5.39. The molecule has 2 aromatic heterocycles. The number of nitrogens with zero attached hydrogens (tertiary/aromatic N) is 2. The minimum atomic E-state index is 0.578. The van der Waals surface area contributed by atoms with Gasteiger partial charge in [-0.2, -0.15) is 4.98 Å². The van der Waals surface area contributed by atoms with Crippen LogP contribution in [0.3, 0.4) is 0 Å². The average Bonchev–Trinajstić information content (AvgIpc) is 2.76. The molecule has 0 aliphatic carbocycles. The van der Waals surface area contributed by atoms with E-state index in [1.54, 1.807) is 6.92 Å². The lowest BCUT2D eigenvalue weighted by Crippen LogP contribution is -2.13. The van der Waals surface area contributed by atoms with Crippen LogP contribution in [-0.2, 0) is 13.1 Å². The standard InChI is InChI=1S/C9H10IN3O2/c1-6-12-9(13-15-6)5-11-4-7-2-3-8(10)14-7/h2-3,11H,4-5H2,1H3. The quantitative estimate of drug-likeness (QED) is 0.872. The van der Waals surface area contributed by atoms with Crippen LogP contribution in [0.5, 0.6) is 0 Å². The van der Waals surface area contributed by atoms with Gasteiger partial charge in [-0.1, -0.05) is 5.16 Å². The van der Waals surface area contributed by atoms with Crippen LogP contribution in [0.2, 0.25) is 0 Å². The van der Waals surface area contributed by atoms with Gasteiger partial charge in [0.2, 0.25) is 5.89 Å². The smallest absolute Gasteiger partial charge is 0.223 e. The molecular weight excluding hydrogens is 309 g/mol. The zero-order chi connectivity index (χ0) is 10.7. The third kappa shape index (κ3) is 3.03. The second kappa shape index (κ2) is 4.75. The van der Waals surface area contributed by atoms with E-state index in [0.717, 1.165) is 9.53 Å². The highest BCUT2D eigenvalue weighted by atomic mass is 127. The second-order valence-corrected chi connectivity index (χ2v) is 4.10. The molecule has 15 heavy (non-hydrogen) atoms. The Morgan fingerprint density at radius 1 is 1.40 bits per heavy atom. The van der Waals surface area contributed by atoms with E-state index in [4.69, 9.17) is 8.94 Å². The first-order valence-corrected chi connectivity index (χ1v) is 5.56. The Bertz CT molecular complexity index is 398. The van der Waals surface area contributed by atoms with Gasteiger partial charge in [-0.3, -0.25) is 0 Å². The fourth-order valence-corrected chi connectivity index (χ4v) is 1.62. The first kappa shape index (κ1) is 10.6. The lowest BCUT2D eigenvalue weighted by molar-refractivity contribution is 0.384. The molecule has 1 N–H and O–H groups in total. The van der Waals surface area contributed by atoms with Gasteiger partial charge in [0, 0.05) is 6.92 Å². The van der Waals surface area contributed by atoms with E-state index >= 15 is 0 Å². The molecule has 2 aromatic rings. The average molecular weight is 319 g/mol. The predicted molar refractivity (Wildman–Crippen MR) is 61.0 cm³/mol. The van der Waals surface area contributed by atoms with E-state index in [1.165, 1.54) is 0 Å². The van der Waals surface area contributed by atoms with Gasteiger partial charge in [-0.25, -0.2) is 0 Å². The van der Waals surface area contributed by atoms with Crippen molar-refractivity contribution < 1.29 is 8.94 Å². The molecule has 0 amide bonds. The van der Waals surface area contributed by atoms with Crippen LogP contribution in [0.15, 0.2) is 21.1 Å². The number of furan rings is 1. The lowest BCUT2D eigenvalue weighted by atomic mass is 10.4. The van der Waals surface area contributed by atoms with Gasteiger partial charge in [-0.05, 0) is 34.7 Å². The summed E-state index contributed by atoms with van der Waals surface area (Å²) in [7, 11) is 0. The summed E-state index contributed by atoms with van der Waals surface area (Å²) in [5, 5.41) is 6.93. The first-order chi connectivity index (χ1) is 7.24. The number of halogens is 1. The van der Waals surface area contributed by atoms with Crippen molar-refractivity contribution in [3.8, 4) is 0 Å². The van der Waals surface area contributed by atoms with Crippen LogP contribution in [0.25, 0.3) is 0 Å². The molecule has 0 aliphatic heterocycles. The minimum absolute atomic E-state index is 0.578. The fraction of sp³-hybridized carbons (Fsp3) is 0.333. The Balaban J connectivity index is 1.80. The van der Waals surface area contributed by atoms with E-state index in [9.17, 15) is 0 Å². The molecule has 2 heterocycles. The zero-order valence-electron chi connectivity index (χ0n) is 8.16. The topological polar surface area (TPSA) is 64.1 Å². The first-order valence-electron chi connectivity index (χ1n) is 4.48. The van der Waals surface area contributed by atoms with E-state index in [2.05, 4.69) is 38.0 Å². The van der Waals surface area contributed by atoms with Crippen molar-refractivity contribution in [3.05, 3.63) is 33.4 Å². The molecule has 0 unspecified atom stereocenters. The number of rotatable bonds is 4. The van der Waals surface area contributed by atoms with Gasteiger partial charge in [0.1, 0.15) is 5.76 Å². The van der Waals surface area contributed by atoms with Crippen molar-refractivity contribution in [1.29, 1.82) is 0 Å². The number of nitrogens with one attached hydrogen (secondary N) is 1. The molecule has 80 valence electrons. The van der Waals surface area contributed by atoms with Gasteiger partial charge in [0.05, 0.1) is 13.1 Å². The molecule has 0 bridgehead atoms. The summed E-state index contributed by atoms with van der Waals surface area (Å²) >= 11 is 2.13. The summed E-state index contributed by atoms with van der Waals surface area (Å²) in [6, 6.07) is 3.87. The van der Waals surface area contributed by atoms with Crippen LogP contribution in [0.1, 0.15) is 17.5 Å². The van der Waals surface area contributed by atoms with Crippen molar-refractivity contribution in [3.63, 3.8) is 0 Å². The summed E-state index contributed by atoms with van der Waals surface area (Å²) in [4.78, 5) is 4.07. The molecule has 0 aromatic carbocycles. The lowest BCUT2D eigenvalue weighted by Gasteiger charge is -1.97.